The summed E-state index contributed by atoms with van der Waals surface area (Å²) < 4.78 is 13.9. The third-order valence-corrected chi connectivity index (χ3v) is 4.33. The number of benzene rings is 1. The molecular weight excluding hydrogens is 275 g/mol. The quantitative estimate of drug-likeness (QED) is 0.815. The molecule has 0 bridgehead atoms. The van der Waals surface area contributed by atoms with Crippen LogP contribution in [0.2, 0.25) is 5.02 Å². The van der Waals surface area contributed by atoms with Crippen LogP contribution in [0.25, 0.3) is 0 Å². The van der Waals surface area contributed by atoms with Gasteiger partial charge < -0.3 is 5.11 Å². The van der Waals surface area contributed by atoms with Gasteiger partial charge in [-0.25, -0.2) is 4.39 Å². The molecule has 1 aliphatic rings. The predicted molar refractivity (Wildman–Crippen MR) is 81.5 cm³/mol. The molecule has 0 aromatic heterocycles. The molecule has 20 heavy (non-hydrogen) atoms. The summed E-state index contributed by atoms with van der Waals surface area (Å²) >= 11 is 5.94. The first-order chi connectivity index (χ1) is 9.00. The van der Waals surface area contributed by atoms with Crippen LogP contribution in [-0.4, -0.2) is 10.7 Å². The normalized spacial score (nSPS) is 23.6. The fraction of sp³-hybridized carbons (Fsp3) is 0.647. The van der Waals surface area contributed by atoms with Crippen LogP contribution in [0.15, 0.2) is 18.2 Å². The Balaban J connectivity index is 2.28. The van der Waals surface area contributed by atoms with Gasteiger partial charge in [0.15, 0.2) is 0 Å². The first-order valence-electron chi connectivity index (χ1n) is 7.17. The fourth-order valence-corrected chi connectivity index (χ4v) is 4.62. The molecule has 0 aliphatic heterocycles. The van der Waals surface area contributed by atoms with Gasteiger partial charge in [-0.05, 0) is 53.9 Å². The molecule has 0 radical (unpaired) electrons. The molecule has 0 spiro atoms. The van der Waals surface area contributed by atoms with E-state index in [1.54, 1.807) is 12.1 Å². The summed E-state index contributed by atoms with van der Waals surface area (Å²) in [7, 11) is 0. The number of hydrogen-bond acceptors (Lipinski definition) is 1. The van der Waals surface area contributed by atoms with Crippen molar-refractivity contribution in [2.75, 3.05) is 0 Å². The van der Waals surface area contributed by atoms with E-state index < -0.39 is 5.60 Å². The SMILES string of the molecule is CC1(C)CC(C)(C)CC(O)(Cc2cc(Cl)ccc2F)C1. The first-order valence-corrected chi connectivity index (χ1v) is 7.55. The highest BCUT2D eigenvalue weighted by Gasteiger charge is 2.46. The molecule has 1 aromatic carbocycles. The molecule has 1 aromatic rings. The molecule has 1 fully saturated rings. The van der Waals surface area contributed by atoms with Crippen molar-refractivity contribution < 1.29 is 9.50 Å². The average molecular weight is 299 g/mol. The summed E-state index contributed by atoms with van der Waals surface area (Å²) in [6, 6.07) is 4.54. The Morgan fingerprint density at radius 3 is 2.20 bits per heavy atom. The van der Waals surface area contributed by atoms with E-state index in [4.69, 9.17) is 11.6 Å². The van der Waals surface area contributed by atoms with Gasteiger partial charge in [-0.1, -0.05) is 39.3 Å². The molecule has 2 rings (SSSR count). The Kier molecular flexibility index (Phi) is 3.94. The standard InChI is InChI=1S/C17H24ClFO/c1-15(2)9-16(3,4)11-17(20,10-15)8-12-7-13(18)5-6-14(12)19/h5-7,20H,8-11H2,1-4H3. The minimum Gasteiger partial charge on any atom is -0.390 e. The van der Waals surface area contributed by atoms with Crippen molar-refractivity contribution in [3.63, 3.8) is 0 Å². The molecule has 0 heterocycles. The average Bonchev–Trinajstić information content (AvgIpc) is 2.17. The second-order valence-electron chi connectivity index (χ2n) is 8.00. The van der Waals surface area contributed by atoms with Crippen molar-refractivity contribution in [2.24, 2.45) is 10.8 Å². The minimum atomic E-state index is -0.864. The maximum Gasteiger partial charge on any atom is 0.126 e. The van der Waals surface area contributed by atoms with Crippen LogP contribution in [0.5, 0.6) is 0 Å². The van der Waals surface area contributed by atoms with E-state index >= 15 is 0 Å². The van der Waals surface area contributed by atoms with Crippen molar-refractivity contribution in [3.8, 4) is 0 Å². The molecule has 0 atom stereocenters. The molecule has 112 valence electrons. The topological polar surface area (TPSA) is 20.2 Å². The Morgan fingerprint density at radius 2 is 1.65 bits per heavy atom. The monoisotopic (exact) mass is 298 g/mol. The van der Waals surface area contributed by atoms with E-state index in [9.17, 15) is 9.50 Å². The van der Waals surface area contributed by atoms with Crippen LogP contribution in [0.3, 0.4) is 0 Å². The van der Waals surface area contributed by atoms with E-state index in [1.807, 2.05) is 0 Å². The highest BCUT2D eigenvalue weighted by atomic mass is 35.5. The first kappa shape index (κ1) is 15.8. The van der Waals surface area contributed by atoms with Crippen molar-refractivity contribution in [2.45, 2.75) is 59.0 Å². The van der Waals surface area contributed by atoms with E-state index in [-0.39, 0.29) is 16.6 Å². The summed E-state index contributed by atoms with van der Waals surface area (Å²) in [4.78, 5) is 0. The van der Waals surface area contributed by atoms with Crippen LogP contribution in [0.4, 0.5) is 4.39 Å². The minimum absolute atomic E-state index is 0.0611. The lowest BCUT2D eigenvalue weighted by molar-refractivity contribution is -0.0854. The fourth-order valence-electron chi connectivity index (χ4n) is 4.42. The lowest BCUT2D eigenvalue weighted by atomic mass is 9.58. The maximum atomic E-state index is 13.9. The molecular formula is C17H24ClFO. The Labute approximate surface area is 126 Å². The zero-order chi connectivity index (χ0) is 15.2. The molecule has 0 saturated heterocycles. The van der Waals surface area contributed by atoms with Crippen LogP contribution < -0.4 is 0 Å². The maximum absolute atomic E-state index is 13.9. The van der Waals surface area contributed by atoms with Gasteiger partial charge in [0.2, 0.25) is 0 Å². The summed E-state index contributed by atoms with van der Waals surface area (Å²) in [6.45, 7) is 8.70. The van der Waals surface area contributed by atoms with E-state index in [0.717, 1.165) is 6.42 Å². The molecule has 1 N–H and O–H groups in total. The van der Waals surface area contributed by atoms with Crippen molar-refractivity contribution >= 4 is 11.6 Å². The van der Waals surface area contributed by atoms with Gasteiger partial charge in [0.05, 0.1) is 5.60 Å². The second-order valence-corrected chi connectivity index (χ2v) is 8.43. The van der Waals surface area contributed by atoms with Gasteiger partial charge in [-0.2, -0.15) is 0 Å². The van der Waals surface area contributed by atoms with Crippen molar-refractivity contribution in [1.82, 2.24) is 0 Å². The third kappa shape index (κ3) is 3.73. The lowest BCUT2D eigenvalue weighted by Crippen LogP contribution is -2.47. The zero-order valence-electron chi connectivity index (χ0n) is 12.8. The molecule has 1 saturated carbocycles. The number of halogens is 2. The molecule has 3 heteroatoms. The number of rotatable bonds is 2. The summed E-state index contributed by atoms with van der Waals surface area (Å²) in [5.41, 5.74) is -0.234. The van der Waals surface area contributed by atoms with Gasteiger partial charge in [0.25, 0.3) is 0 Å². The van der Waals surface area contributed by atoms with Crippen molar-refractivity contribution in [3.05, 3.63) is 34.6 Å². The summed E-state index contributed by atoms with van der Waals surface area (Å²) in [5, 5.41) is 11.5. The third-order valence-electron chi connectivity index (χ3n) is 4.10. The van der Waals surface area contributed by atoms with Crippen LogP contribution in [0.1, 0.15) is 52.5 Å². The van der Waals surface area contributed by atoms with Crippen LogP contribution in [0, 0.1) is 16.6 Å². The van der Waals surface area contributed by atoms with E-state index in [2.05, 4.69) is 27.7 Å². The van der Waals surface area contributed by atoms with Gasteiger partial charge in [0.1, 0.15) is 5.82 Å². The van der Waals surface area contributed by atoms with Crippen LogP contribution in [-0.2, 0) is 6.42 Å². The lowest BCUT2D eigenvalue weighted by Gasteiger charge is -2.49. The largest absolute Gasteiger partial charge is 0.390 e. The molecule has 0 unspecified atom stereocenters. The Bertz CT molecular complexity index is 492. The highest BCUT2D eigenvalue weighted by Crippen LogP contribution is 2.51. The van der Waals surface area contributed by atoms with Gasteiger partial charge in [0, 0.05) is 11.4 Å². The smallest absolute Gasteiger partial charge is 0.126 e. The summed E-state index contributed by atoms with van der Waals surface area (Å²) in [6.07, 6.45) is 2.78. The molecule has 1 aliphatic carbocycles. The van der Waals surface area contributed by atoms with E-state index in [0.29, 0.717) is 29.8 Å². The highest BCUT2D eigenvalue weighted by molar-refractivity contribution is 6.30. The molecule has 0 amide bonds. The molecule has 1 nitrogen and oxygen atoms in total. The van der Waals surface area contributed by atoms with Gasteiger partial charge >= 0.3 is 0 Å². The Morgan fingerprint density at radius 1 is 1.10 bits per heavy atom. The van der Waals surface area contributed by atoms with Crippen LogP contribution >= 0.6 is 11.6 Å². The zero-order valence-corrected chi connectivity index (χ0v) is 13.5. The van der Waals surface area contributed by atoms with E-state index in [1.165, 1.54) is 6.07 Å². The van der Waals surface area contributed by atoms with Gasteiger partial charge in [-0.15, -0.1) is 0 Å². The Hall–Kier alpha value is -0.600. The number of hydrogen-bond donors (Lipinski definition) is 1. The predicted octanol–water partition coefficient (Wildman–Crippen LogP) is 4.99. The van der Waals surface area contributed by atoms with Gasteiger partial charge in [-0.3, -0.25) is 0 Å². The number of aliphatic hydroxyl groups is 1. The second kappa shape index (κ2) is 4.99. The van der Waals surface area contributed by atoms with Crippen molar-refractivity contribution in [1.29, 1.82) is 0 Å². The summed E-state index contributed by atoms with van der Waals surface area (Å²) in [5.74, 6) is -0.288.